The average molecular weight is 224 g/mol. The van der Waals surface area contributed by atoms with Crippen LogP contribution in [0, 0.1) is 5.41 Å². The van der Waals surface area contributed by atoms with E-state index in [0.717, 1.165) is 26.1 Å². The third-order valence-electron chi connectivity index (χ3n) is 3.38. The van der Waals surface area contributed by atoms with Crippen LogP contribution in [0.2, 0.25) is 0 Å². The Morgan fingerprint density at radius 2 is 2.40 bits per heavy atom. The predicted molar refractivity (Wildman–Crippen MR) is 66.0 cm³/mol. The van der Waals surface area contributed by atoms with Crippen molar-refractivity contribution in [2.24, 2.45) is 11.1 Å². The Morgan fingerprint density at radius 3 is 3.00 bits per heavy atom. The van der Waals surface area contributed by atoms with Gasteiger partial charge in [-0.25, -0.2) is 0 Å². The van der Waals surface area contributed by atoms with Crippen molar-refractivity contribution in [2.75, 3.05) is 13.1 Å². The van der Waals surface area contributed by atoms with Gasteiger partial charge >= 0.3 is 0 Å². The Morgan fingerprint density at radius 1 is 1.60 bits per heavy atom. The van der Waals surface area contributed by atoms with Crippen molar-refractivity contribution >= 4 is 11.3 Å². The normalized spacial score (nSPS) is 26.7. The van der Waals surface area contributed by atoms with Crippen LogP contribution in [0.5, 0.6) is 0 Å². The van der Waals surface area contributed by atoms with Gasteiger partial charge in [0.2, 0.25) is 0 Å². The smallest absolute Gasteiger partial charge is 0.0242 e. The molecule has 0 amide bonds. The van der Waals surface area contributed by atoms with Gasteiger partial charge in [-0.05, 0) is 34.2 Å². The summed E-state index contributed by atoms with van der Waals surface area (Å²) in [7, 11) is 0. The first kappa shape index (κ1) is 11.1. The molecular weight excluding hydrogens is 204 g/mol. The minimum atomic E-state index is 0.258. The lowest BCUT2D eigenvalue weighted by Crippen LogP contribution is -2.51. The first-order chi connectivity index (χ1) is 7.08. The summed E-state index contributed by atoms with van der Waals surface area (Å²) in [6.45, 7) is 7.89. The molecular formula is C12H20N2S. The third kappa shape index (κ3) is 2.60. The largest absolute Gasteiger partial charge is 0.327 e. The lowest BCUT2D eigenvalue weighted by Gasteiger charge is -2.42. The molecule has 84 valence electrons. The van der Waals surface area contributed by atoms with Gasteiger partial charge in [0.15, 0.2) is 0 Å². The Kier molecular flexibility index (Phi) is 3.14. The number of hydrogen-bond acceptors (Lipinski definition) is 3. The minimum absolute atomic E-state index is 0.258. The number of likely N-dealkylation sites (tertiary alicyclic amines) is 1. The molecule has 0 bridgehead atoms. The van der Waals surface area contributed by atoms with E-state index in [-0.39, 0.29) is 5.41 Å². The maximum Gasteiger partial charge on any atom is 0.0242 e. The van der Waals surface area contributed by atoms with Crippen LogP contribution in [0.4, 0.5) is 0 Å². The highest BCUT2D eigenvalue weighted by Crippen LogP contribution is 2.28. The Balaban J connectivity index is 1.95. The number of rotatable bonds is 2. The van der Waals surface area contributed by atoms with Gasteiger partial charge < -0.3 is 5.73 Å². The van der Waals surface area contributed by atoms with Crippen molar-refractivity contribution < 1.29 is 0 Å². The van der Waals surface area contributed by atoms with Gasteiger partial charge in [-0.2, -0.15) is 11.3 Å². The molecule has 1 saturated heterocycles. The highest BCUT2D eigenvalue weighted by atomic mass is 32.1. The molecule has 1 aliphatic heterocycles. The molecule has 1 aromatic rings. The third-order valence-corrected chi connectivity index (χ3v) is 4.11. The fraction of sp³-hybridized carbons (Fsp3) is 0.667. The molecule has 15 heavy (non-hydrogen) atoms. The van der Waals surface area contributed by atoms with E-state index in [1.54, 1.807) is 11.3 Å². The van der Waals surface area contributed by atoms with E-state index >= 15 is 0 Å². The van der Waals surface area contributed by atoms with Crippen molar-refractivity contribution in [3.63, 3.8) is 0 Å². The van der Waals surface area contributed by atoms with Gasteiger partial charge in [-0.1, -0.05) is 13.8 Å². The Labute approximate surface area is 96.1 Å². The highest BCUT2D eigenvalue weighted by molar-refractivity contribution is 7.07. The number of piperidine rings is 1. The van der Waals surface area contributed by atoms with E-state index in [0.29, 0.717) is 6.04 Å². The summed E-state index contributed by atoms with van der Waals surface area (Å²) in [5.74, 6) is 0. The van der Waals surface area contributed by atoms with Crippen LogP contribution in [0.1, 0.15) is 25.8 Å². The molecule has 2 rings (SSSR count). The van der Waals surface area contributed by atoms with Crippen molar-refractivity contribution in [3.8, 4) is 0 Å². The van der Waals surface area contributed by atoms with Crippen molar-refractivity contribution in [2.45, 2.75) is 32.9 Å². The van der Waals surface area contributed by atoms with Gasteiger partial charge in [-0.15, -0.1) is 0 Å². The van der Waals surface area contributed by atoms with E-state index in [9.17, 15) is 0 Å². The summed E-state index contributed by atoms with van der Waals surface area (Å²) in [5, 5.41) is 4.39. The zero-order valence-corrected chi connectivity index (χ0v) is 10.4. The molecule has 2 N–H and O–H groups in total. The van der Waals surface area contributed by atoms with Crippen LogP contribution in [-0.2, 0) is 6.54 Å². The van der Waals surface area contributed by atoms with E-state index in [1.807, 2.05) is 0 Å². The maximum atomic E-state index is 6.12. The minimum Gasteiger partial charge on any atom is -0.327 e. The van der Waals surface area contributed by atoms with Gasteiger partial charge in [0.05, 0.1) is 0 Å². The molecule has 1 atom stereocenters. The summed E-state index contributed by atoms with van der Waals surface area (Å²) in [5.41, 5.74) is 7.82. The maximum absolute atomic E-state index is 6.12. The van der Waals surface area contributed by atoms with Crippen LogP contribution in [-0.4, -0.2) is 24.0 Å². The van der Waals surface area contributed by atoms with Crippen LogP contribution in [0.25, 0.3) is 0 Å². The topological polar surface area (TPSA) is 29.3 Å². The summed E-state index contributed by atoms with van der Waals surface area (Å²) >= 11 is 1.78. The zero-order valence-electron chi connectivity index (χ0n) is 9.57. The summed E-state index contributed by atoms with van der Waals surface area (Å²) in [4.78, 5) is 2.52. The van der Waals surface area contributed by atoms with Crippen LogP contribution in [0.15, 0.2) is 16.8 Å². The highest BCUT2D eigenvalue weighted by Gasteiger charge is 2.33. The number of hydrogen-bond donors (Lipinski definition) is 1. The number of thiophene rings is 1. The van der Waals surface area contributed by atoms with Crippen LogP contribution < -0.4 is 5.73 Å². The van der Waals surface area contributed by atoms with Crippen molar-refractivity contribution in [3.05, 3.63) is 22.4 Å². The molecule has 0 saturated carbocycles. The second-order valence-corrected chi connectivity index (χ2v) is 6.01. The quantitative estimate of drug-likeness (QED) is 0.835. The summed E-state index contributed by atoms with van der Waals surface area (Å²) in [6.07, 6.45) is 1.12. The van der Waals surface area contributed by atoms with Gasteiger partial charge in [0.25, 0.3) is 0 Å². The molecule has 1 fully saturated rings. The van der Waals surface area contributed by atoms with Gasteiger partial charge in [0.1, 0.15) is 0 Å². The summed E-state index contributed by atoms with van der Waals surface area (Å²) < 4.78 is 0. The van der Waals surface area contributed by atoms with E-state index < -0.39 is 0 Å². The standard InChI is InChI=1S/C12H20N2S/c1-12(2)9-14(5-3-11(12)13)7-10-4-6-15-8-10/h4,6,8,11H,3,5,7,9,13H2,1-2H3. The predicted octanol–water partition coefficient (Wildman–Crippen LogP) is 2.31. The molecule has 0 spiro atoms. The van der Waals surface area contributed by atoms with E-state index in [4.69, 9.17) is 5.73 Å². The molecule has 2 heterocycles. The number of nitrogens with two attached hydrogens (primary N) is 1. The van der Waals surface area contributed by atoms with Gasteiger partial charge in [-0.3, -0.25) is 4.90 Å². The molecule has 0 radical (unpaired) electrons. The second kappa shape index (κ2) is 4.24. The zero-order chi connectivity index (χ0) is 10.9. The van der Waals surface area contributed by atoms with Crippen LogP contribution >= 0.6 is 11.3 Å². The summed E-state index contributed by atoms with van der Waals surface area (Å²) in [6, 6.07) is 2.57. The molecule has 1 unspecified atom stereocenters. The molecule has 1 aromatic heterocycles. The first-order valence-electron chi connectivity index (χ1n) is 5.57. The molecule has 3 heteroatoms. The van der Waals surface area contributed by atoms with Crippen molar-refractivity contribution in [1.29, 1.82) is 0 Å². The molecule has 0 aliphatic carbocycles. The number of nitrogens with zero attached hydrogens (tertiary/aromatic N) is 1. The van der Waals surface area contributed by atoms with Gasteiger partial charge in [0, 0.05) is 25.7 Å². The Bertz CT molecular complexity index is 305. The molecule has 1 aliphatic rings. The lowest BCUT2D eigenvalue weighted by atomic mass is 9.79. The monoisotopic (exact) mass is 224 g/mol. The fourth-order valence-corrected chi connectivity index (χ4v) is 2.92. The fourth-order valence-electron chi connectivity index (χ4n) is 2.26. The average Bonchev–Trinajstić information content (AvgIpc) is 2.63. The molecule has 0 aromatic carbocycles. The Hall–Kier alpha value is -0.380. The second-order valence-electron chi connectivity index (χ2n) is 5.23. The SMILES string of the molecule is CC1(C)CN(Cc2ccsc2)CCC1N. The van der Waals surface area contributed by atoms with E-state index in [1.165, 1.54) is 5.56 Å². The lowest BCUT2D eigenvalue weighted by molar-refractivity contribution is 0.0900. The van der Waals surface area contributed by atoms with Crippen LogP contribution in [0.3, 0.4) is 0 Å². The van der Waals surface area contributed by atoms with Crippen molar-refractivity contribution in [1.82, 2.24) is 4.90 Å². The first-order valence-corrected chi connectivity index (χ1v) is 6.51. The van der Waals surface area contributed by atoms with E-state index in [2.05, 4.69) is 35.6 Å². The molecule has 2 nitrogen and oxygen atoms in total.